The molecular weight excluding hydrogens is 548 g/mol. The molecule has 0 aliphatic carbocycles. The van der Waals surface area contributed by atoms with Crippen LogP contribution in [0.5, 0.6) is 5.75 Å². The normalized spacial score (nSPS) is 12.2. The molecule has 1 heterocycles. The first-order valence-electron chi connectivity index (χ1n) is 9.19. The van der Waals surface area contributed by atoms with Gasteiger partial charge in [-0.15, -0.1) is 11.3 Å². The smallest absolute Gasteiger partial charge is 0.487 e. The molecule has 0 aliphatic rings. The first-order valence-corrected chi connectivity index (χ1v) is 12.3. The number of rotatable bonds is 6. The van der Waals surface area contributed by atoms with Crippen LogP contribution in [-0.4, -0.2) is 18.9 Å². The van der Waals surface area contributed by atoms with E-state index in [1.54, 1.807) is 30.3 Å². The van der Waals surface area contributed by atoms with Crippen molar-refractivity contribution in [3.05, 3.63) is 76.0 Å². The molecule has 0 atom stereocenters. The van der Waals surface area contributed by atoms with Crippen LogP contribution in [-0.2, 0) is 16.6 Å². The Bertz CT molecular complexity index is 1420. The number of ether oxygens (including phenoxy) is 1. The number of hydrogen-bond acceptors (Lipinski definition) is 5. The van der Waals surface area contributed by atoms with Gasteiger partial charge in [0.15, 0.2) is 0 Å². The molecule has 0 unspecified atom stereocenters. The highest BCUT2D eigenvalue weighted by molar-refractivity contribution is 9.11. The van der Waals surface area contributed by atoms with Crippen molar-refractivity contribution in [3.8, 4) is 16.3 Å². The summed E-state index contributed by atoms with van der Waals surface area (Å²) in [5, 5.41) is 1.75. The van der Waals surface area contributed by atoms with Gasteiger partial charge in [0, 0.05) is 16.6 Å². The Labute approximate surface area is 198 Å². The van der Waals surface area contributed by atoms with Gasteiger partial charge in [-0.2, -0.15) is 21.6 Å². The number of nitrogens with zero attached hydrogens (tertiary/aromatic N) is 1. The third kappa shape index (κ3) is 5.12. The topological polar surface area (TPSA) is 68.3 Å². The van der Waals surface area contributed by atoms with Crippen molar-refractivity contribution in [2.75, 3.05) is 4.72 Å². The number of fused-ring (bicyclic) bond motifs is 1. The van der Waals surface area contributed by atoms with Gasteiger partial charge in [-0.1, -0.05) is 12.1 Å². The third-order valence-electron chi connectivity index (χ3n) is 4.50. The molecule has 33 heavy (non-hydrogen) atoms. The van der Waals surface area contributed by atoms with Gasteiger partial charge < -0.3 is 4.74 Å². The minimum atomic E-state index is -5.52. The van der Waals surface area contributed by atoms with Crippen LogP contribution in [0.2, 0.25) is 0 Å². The lowest BCUT2D eigenvalue weighted by Crippen LogP contribution is -2.29. The average molecular weight is 561 g/mol. The number of nitrogens with one attached hydrogen (secondary N) is 1. The van der Waals surface area contributed by atoms with E-state index in [0.717, 1.165) is 9.35 Å². The lowest BCUT2D eigenvalue weighted by atomic mass is 10.1. The molecule has 1 N–H and O–H groups in total. The molecule has 0 saturated carbocycles. The van der Waals surface area contributed by atoms with Crippen LogP contribution in [0.15, 0.2) is 64.5 Å². The average Bonchev–Trinajstić information content (AvgIpc) is 3.12. The number of halogens is 5. The van der Waals surface area contributed by atoms with E-state index in [4.69, 9.17) is 4.74 Å². The number of benzene rings is 3. The third-order valence-corrected chi connectivity index (χ3v) is 7.49. The molecule has 0 saturated heterocycles. The van der Waals surface area contributed by atoms with Crippen molar-refractivity contribution >= 4 is 53.7 Å². The van der Waals surface area contributed by atoms with Crippen LogP contribution < -0.4 is 9.46 Å². The fraction of sp³-hybridized carbons (Fsp3) is 0.0952. The van der Waals surface area contributed by atoms with Crippen LogP contribution >= 0.6 is 27.3 Å². The Morgan fingerprint density at radius 2 is 1.79 bits per heavy atom. The van der Waals surface area contributed by atoms with E-state index in [2.05, 4.69) is 20.9 Å². The molecule has 172 valence electrons. The quantitative estimate of drug-likeness (QED) is 0.266. The molecule has 0 fully saturated rings. The SMILES string of the molecule is O=S(=O)(Nc1ccc2c(OCc3nc(-c4ccc(F)cc4)sc3Br)cccc2c1)C(F)(F)F. The second-order valence-electron chi connectivity index (χ2n) is 6.78. The zero-order valence-electron chi connectivity index (χ0n) is 16.4. The van der Waals surface area contributed by atoms with E-state index in [1.807, 2.05) is 0 Å². The molecule has 12 heteroatoms. The maximum atomic E-state index is 13.2. The Morgan fingerprint density at radius 3 is 2.48 bits per heavy atom. The summed E-state index contributed by atoms with van der Waals surface area (Å²) in [6.45, 7) is 0.0971. The standard InChI is InChI=1S/C21H13BrF4N2O3S2/c22-19-17(27-20(32-19)12-4-6-14(23)7-5-12)11-31-18-3-1-2-13-10-15(8-9-16(13)18)28-33(29,30)21(24,25)26/h1-10,28H,11H2. The lowest BCUT2D eigenvalue weighted by molar-refractivity contribution is -0.0429. The van der Waals surface area contributed by atoms with Crippen LogP contribution in [0.25, 0.3) is 21.3 Å². The number of thiazole rings is 1. The van der Waals surface area contributed by atoms with Crippen LogP contribution in [0.1, 0.15) is 5.69 Å². The monoisotopic (exact) mass is 560 g/mol. The molecule has 0 bridgehead atoms. The summed E-state index contributed by atoms with van der Waals surface area (Å²) in [6.07, 6.45) is 0. The van der Waals surface area contributed by atoms with E-state index in [-0.39, 0.29) is 18.1 Å². The highest BCUT2D eigenvalue weighted by Gasteiger charge is 2.46. The number of aromatic nitrogens is 1. The van der Waals surface area contributed by atoms with Crippen molar-refractivity contribution in [1.29, 1.82) is 0 Å². The van der Waals surface area contributed by atoms with E-state index >= 15 is 0 Å². The zero-order valence-corrected chi connectivity index (χ0v) is 19.6. The second kappa shape index (κ2) is 8.92. The van der Waals surface area contributed by atoms with Crippen molar-refractivity contribution in [2.45, 2.75) is 12.1 Å². The summed E-state index contributed by atoms with van der Waals surface area (Å²) in [5.74, 6) is 0.101. The van der Waals surface area contributed by atoms with E-state index in [0.29, 0.717) is 27.2 Å². The van der Waals surface area contributed by atoms with Gasteiger partial charge in [-0.05, 0) is 69.8 Å². The van der Waals surface area contributed by atoms with Crippen LogP contribution in [0.4, 0.5) is 23.2 Å². The summed E-state index contributed by atoms with van der Waals surface area (Å²) in [6, 6.07) is 14.9. The van der Waals surface area contributed by atoms with Crippen molar-refractivity contribution < 1.29 is 30.7 Å². The van der Waals surface area contributed by atoms with E-state index < -0.39 is 15.5 Å². The van der Waals surface area contributed by atoms with Gasteiger partial charge in [-0.25, -0.2) is 9.37 Å². The Hall–Kier alpha value is -2.70. The van der Waals surface area contributed by atoms with E-state index in [1.165, 1.54) is 46.4 Å². The van der Waals surface area contributed by atoms with Gasteiger partial charge in [0.2, 0.25) is 0 Å². The highest BCUT2D eigenvalue weighted by atomic mass is 79.9. The Balaban J connectivity index is 1.54. The summed E-state index contributed by atoms with van der Waals surface area (Å²) in [5.41, 5.74) is -4.26. The number of sulfonamides is 1. The minimum Gasteiger partial charge on any atom is -0.487 e. The zero-order chi connectivity index (χ0) is 23.8. The first-order chi connectivity index (χ1) is 15.5. The highest BCUT2D eigenvalue weighted by Crippen LogP contribution is 2.34. The van der Waals surface area contributed by atoms with Gasteiger partial charge >= 0.3 is 15.5 Å². The maximum absolute atomic E-state index is 13.2. The molecule has 0 spiro atoms. The number of anilines is 1. The van der Waals surface area contributed by atoms with Crippen LogP contribution in [0.3, 0.4) is 0 Å². The molecule has 3 aromatic carbocycles. The minimum absolute atomic E-state index is 0.0971. The predicted molar refractivity (Wildman–Crippen MR) is 122 cm³/mol. The molecule has 4 aromatic rings. The molecule has 0 radical (unpaired) electrons. The Kier molecular flexibility index (Phi) is 6.34. The fourth-order valence-electron chi connectivity index (χ4n) is 2.94. The van der Waals surface area contributed by atoms with Gasteiger partial charge in [-0.3, -0.25) is 4.72 Å². The molecule has 5 nitrogen and oxygen atoms in total. The van der Waals surface area contributed by atoms with Crippen molar-refractivity contribution in [1.82, 2.24) is 4.98 Å². The molecule has 1 aromatic heterocycles. The van der Waals surface area contributed by atoms with Crippen LogP contribution in [0, 0.1) is 5.82 Å². The Morgan fingerprint density at radius 1 is 1.06 bits per heavy atom. The summed E-state index contributed by atoms with van der Waals surface area (Å²) < 4.78 is 81.9. The fourth-order valence-corrected chi connectivity index (χ4v) is 4.96. The number of alkyl halides is 3. The first kappa shape index (κ1) is 23.5. The maximum Gasteiger partial charge on any atom is 0.516 e. The van der Waals surface area contributed by atoms with Gasteiger partial charge in [0.1, 0.15) is 28.9 Å². The molecule has 4 rings (SSSR count). The largest absolute Gasteiger partial charge is 0.516 e. The molecule has 0 amide bonds. The summed E-state index contributed by atoms with van der Waals surface area (Å²) in [4.78, 5) is 4.52. The molecule has 0 aliphatic heterocycles. The predicted octanol–water partition coefficient (Wildman–Crippen LogP) is 6.71. The number of hydrogen-bond donors (Lipinski definition) is 1. The van der Waals surface area contributed by atoms with Gasteiger partial charge in [0.05, 0.1) is 3.79 Å². The van der Waals surface area contributed by atoms with Crippen molar-refractivity contribution in [3.63, 3.8) is 0 Å². The molecular formula is C21H13BrF4N2O3S2. The lowest BCUT2D eigenvalue weighted by Gasteiger charge is -2.12. The summed E-state index contributed by atoms with van der Waals surface area (Å²) >= 11 is 4.82. The van der Waals surface area contributed by atoms with E-state index in [9.17, 15) is 26.0 Å². The van der Waals surface area contributed by atoms with Crippen molar-refractivity contribution in [2.24, 2.45) is 0 Å². The van der Waals surface area contributed by atoms with Gasteiger partial charge in [0.25, 0.3) is 0 Å². The second-order valence-corrected chi connectivity index (χ2v) is 10.8. The summed E-state index contributed by atoms with van der Waals surface area (Å²) in [7, 11) is -5.52.